The third-order valence-corrected chi connectivity index (χ3v) is 4.26. The van der Waals surface area contributed by atoms with Crippen molar-refractivity contribution in [2.45, 2.75) is 13.1 Å². The van der Waals surface area contributed by atoms with Gasteiger partial charge in [0, 0.05) is 20.0 Å². The lowest BCUT2D eigenvalue weighted by atomic mass is 10.2. The van der Waals surface area contributed by atoms with Crippen LogP contribution in [0.3, 0.4) is 0 Å². The van der Waals surface area contributed by atoms with Crippen LogP contribution in [0.4, 0.5) is 18.9 Å². The van der Waals surface area contributed by atoms with Gasteiger partial charge in [-0.3, -0.25) is 19.5 Å². The van der Waals surface area contributed by atoms with E-state index in [1.54, 1.807) is 0 Å². The second kappa shape index (κ2) is 5.98. The van der Waals surface area contributed by atoms with Crippen molar-refractivity contribution in [3.8, 4) is 5.69 Å². The van der Waals surface area contributed by atoms with Crippen LogP contribution in [0.2, 0.25) is 5.02 Å². The number of furan rings is 1. The number of nitrogens with zero attached hydrogens (tertiary/aromatic N) is 3. The molecule has 2 heterocycles. The molecule has 0 amide bonds. The van der Waals surface area contributed by atoms with Gasteiger partial charge in [-0.1, -0.05) is 11.6 Å². The van der Waals surface area contributed by atoms with E-state index in [-0.39, 0.29) is 38.1 Å². The fourth-order valence-corrected chi connectivity index (χ4v) is 3.00. The van der Waals surface area contributed by atoms with Gasteiger partial charge in [0.25, 0.3) is 5.56 Å². The van der Waals surface area contributed by atoms with Crippen molar-refractivity contribution in [2.75, 3.05) is 0 Å². The largest absolute Gasteiger partial charge is 0.452 e. The first-order valence-corrected chi connectivity index (χ1v) is 7.59. The summed E-state index contributed by atoms with van der Waals surface area (Å²) in [6.07, 6.45) is -4.92. The zero-order valence-electron chi connectivity index (χ0n) is 13.6. The molecule has 0 saturated heterocycles. The van der Waals surface area contributed by atoms with Crippen molar-refractivity contribution in [2.24, 2.45) is 7.05 Å². The zero-order valence-corrected chi connectivity index (χ0v) is 14.4. The predicted octanol–water partition coefficient (Wildman–Crippen LogP) is 3.17. The Labute approximate surface area is 152 Å². The molecule has 1 aromatic carbocycles. The summed E-state index contributed by atoms with van der Waals surface area (Å²) in [4.78, 5) is 35.2. The molecule has 0 aliphatic heterocycles. The minimum Gasteiger partial charge on any atom is -0.452 e. The summed E-state index contributed by atoms with van der Waals surface area (Å²) in [5.74, 6) is -0.138. The Morgan fingerprint density at radius 1 is 1.26 bits per heavy atom. The number of hydrogen-bond acceptors (Lipinski definition) is 5. The van der Waals surface area contributed by atoms with E-state index < -0.39 is 33.7 Å². The summed E-state index contributed by atoms with van der Waals surface area (Å²) in [6.45, 7) is 1.28. The molecular weight excluding hydrogens is 395 g/mol. The molecule has 0 fully saturated rings. The van der Waals surface area contributed by atoms with Crippen LogP contribution in [0.25, 0.3) is 16.7 Å². The smallest absolute Gasteiger partial charge is 0.431 e. The van der Waals surface area contributed by atoms with Crippen LogP contribution in [0.1, 0.15) is 11.5 Å². The Hall–Kier alpha value is -3.08. The Morgan fingerprint density at radius 2 is 1.89 bits per heavy atom. The summed E-state index contributed by atoms with van der Waals surface area (Å²) in [6, 6.07) is 2.60. The molecule has 8 nitrogen and oxygen atoms in total. The Balaban J connectivity index is 2.46. The quantitative estimate of drug-likeness (QED) is 0.483. The molecule has 0 unspecified atom stereocenters. The molecule has 0 radical (unpaired) electrons. The predicted molar refractivity (Wildman–Crippen MR) is 88.5 cm³/mol. The molecule has 12 heteroatoms. The summed E-state index contributed by atoms with van der Waals surface area (Å²) >= 11 is 5.99. The normalized spacial score (nSPS) is 11.9. The molecular formula is C15H9ClF3N3O5. The molecule has 3 aromatic rings. The first kappa shape index (κ1) is 18.7. The highest BCUT2D eigenvalue weighted by molar-refractivity contribution is 6.36. The molecule has 0 saturated carbocycles. The molecule has 0 aliphatic carbocycles. The fourth-order valence-electron chi connectivity index (χ4n) is 2.76. The summed E-state index contributed by atoms with van der Waals surface area (Å²) in [7, 11) is 0.851. The lowest BCUT2D eigenvalue weighted by Crippen LogP contribution is -2.40. The maximum atomic E-state index is 13.0. The van der Waals surface area contributed by atoms with Gasteiger partial charge >= 0.3 is 17.6 Å². The van der Waals surface area contributed by atoms with E-state index in [4.69, 9.17) is 16.0 Å². The highest BCUT2D eigenvalue weighted by Gasteiger charge is 2.35. The minimum absolute atomic E-state index is 0.0749. The van der Waals surface area contributed by atoms with Gasteiger partial charge in [-0.2, -0.15) is 13.2 Å². The van der Waals surface area contributed by atoms with Gasteiger partial charge in [-0.25, -0.2) is 9.36 Å². The zero-order chi connectivity index (χ0) is 20.3. The highest BCUT2D eigenvalue weighted by Crippen LogP contribution is 2.39. The first-order chi connectivity index (χ1) is 12.4. The maximum absolute atomic E-state index is 13.0. The van der Waals surface area contributed by atoms with Crippen LogP contribution in [0.5, 0.6) is 0 Å². The molecule has 0 bridgehead atoms. The Kier molecular flexibility index (Phi) is 4.14. The average molecular weight is 404 g/mol. The number of alkyl halides is 3. The molecule has 0 atom stereocenters. The number of aromatic nitrogens is 2. The number of benzene rings is 1. The number of nitro groups is 1. The van der Waals surface area contributed by atoms with Gasteiger partial charge in [0.1, 0.15) is 11.1 Å². The second-order valence-corrected chi connectivity index (χ2v) is 5.98. The third-order valence-electron chi connectivity index (χ3n) is 3.95. The number of fused-ring (bicyclic) bond motifs is 1. The number of aryl methyl sites for hydroxylation is 1. The fraction of sp³-hybridized carbons (Fsp3) is 0.200. The van der Waals surface area contributed by atoms with Gasteiger partial charge in [0.15, 0.2) is 11.3 Å². The SMILES string of the molecule is Cc1oc2c(-n3c(=O)cc(C(F)(F)F)n(C)c3=O)ccc(Cl)c2c1[N+](=O)[O-]. The van der Waals surface area contributed by atoms with Crippen LogP contribution in [0.15, 0.2) is 32.2 Å². The van der Waals surface area contributed by atoms with E-state index in [1.165, 1.54) is 13.0 Å². The molecule has 0 aliphatic rings. The van der Waals surface area contributed by atoms with Crippen LogP contribution < -0.4 is 11.2 Å². The summed E-state index contributed by atoms with van der Waals surface area (Å²) in [5, 5.41) is 11.0. The van der Waals surface area contributed by atoms with E-state index >= 15 is 0 Å². The molecule has 142 valence electrons. The molecule has 3 rings (SSSR count). The van der Waals surface area contributed by atoms with E-state index in [0.717, 1.165) is 13.1 Å². The average Bonchev–Trinajstić information content (AvgIpc) is 2.90. The molecule has 0 N–H and O–H groups in total. The highest BCUT2D eigenvalue weighted by atomic mass is 35.5. The summed E-state index contributed by atoms with van der Waals surface area (Å²) < 4.78 is 44.9. The number of halogens is 4. The molecule has 2 aromatic heterocycles. The monoisotopic (exact) mass is 403 g/mol. The lowest BCUT2D eigenvalue weighted by Gasteiger charge is -2.14. The molecule has 27 heavy (non-hydrogen) atoms. The van der Waals surface area contributed by atoms with Gasteiger partial charge in [-0.15, -0.1) is 0 Å². The van der Waals surface area contributed by atoms with Crippen LogP contribution >= 0.6 is 11.6 Å². The number of rotatable bonds is 2. The van der Waals surface area contributed by atoms with Gasteiger partial charge in [-0.05, 0) is 12.1 Å². The molecule has 0 spiro atoms. The van der Waals surface area contributed by atoms with Crippen molar-refractivity contribution in [3.05, 3.63) is 65.6 Å². The van der Waals surface area contributed by atoms with Crippen LogP contribution in [0, 0.1) is 17.0 Å². The van der Waals surface area contributed by atoms with Crippen molar-refractivity contribution in [3.63, 3.8) is 0 Å². The van der Waals surface area contributed by atoms with Crippen molar-refractivity contribution >= 4 is 28.3 Å². The van der Waals surface area contributed by atoms with E-state index in [0.29, 0.717) is 4.57 Å². The first-order valence-electron chi connectivity index (χ1n) is 7.21. The van der Waals surface area contributed by atoms with E-state index in [2.05, 4.69) is 0 Å². The Bertz CT molecular complexity index is 1220. The topological polar surface area (TPSA) is 100 Å². The van der Waals surface area contributed by atoms with E-state index in [1.807, 2.05) is 0 Å². The van der Waals surface area contributed by atoms with Gasteiger partial charge < -0.3 is 4.42 Å². The third kappa shape index (κ3) is 2.79. The summed E-state index contributed by atoms with van der Waals surface area (Å²) in [5.41, 5.74) is -4.98. The second-order valence-electron chi connectivity index (χ2n) is 5.58. The van der Waals surface area contributed by atoms with Crippen molar-refractivity contribution in [1.29, 1.82) is 0 Å². The van der Waals surface area contributed by atoms with E-state index in [9.17, 15) is 32.9 Å². The van der Waals surface area contributed by atoms with Crippen LogP contribution in [-0.4, -0.2) is 14.1 Å². The minimum atomic E-state index is -4.92. The number of hydrogen-bond donors (Lipinski definition) is 0. The standard InChI is InChI=1S/C15H9ClF3N3O5/c1-6-12(22(25)26)11-7(16)3-4-8(13(11)27-6)21-10(23)5-9(15(17,18)19)20(2)14(21)24/h3-5H,1-2H3. The maximum Gasteiger partial charge on any atom is 0.431 e. The van der Waals surface area contributed by atoms with Crippen molar-refractivity contribution in [1.82, 2.24) is 9.13 Å². The Morgan fingerprint density at radius 3 is 2.44 bits per heavy atom. The van der Waals surface area contributed by atoms with Crippen LogP contribution in [-0.2, 0) is 13.2 Å². The van der Waals surface area contributed by atoms with Gasteiger partial charge in [0.05, 0.1) is 15.6 Å². The van der Waals surface area contributed by atoms with Crippen molar-refractivity contribution < 1.29 is 22.5 Å². The lowest BCUT2D eigenvalue weighted by molar-refractivity contribution is -0.384. The van der Waals surface area contributed by atoms with Gasteiger partial charge in [0.2, 0.25) is 0 Å².